The average Bonchev–Trinajstić information content (AvgIpc) is 3.51. The number of rotatable bonds is 3. The van der Waals surface area contributed by atoms with Crippen LogP contribution < -0.4 is 10.9 Å². The Morgan fingerprint density at radius 1 is 1.14 bits per heavy atom. The summed E-state index contributed by atoms with van der Waals surface area (Å²) in [6, 6.07) is 9.47. The molecule has 3 aromatic rings. The quantitative estimate of drug-likeness (QED) is 0.699. The fraction of sp³-hybridized carbons (Fsp3) is 0.261. The number of ether oxygens (including phenoxy) is 1. The summed E-state index contributed by atoms with van der Waals surface area (Å²) in [7, 11) is 1.28. The average molecular weight is 388 g/mol. The van der Waals surface area contributed by atoms with Crippen LogP contribution in [0.25, 0.3) is 16.6 Å². The largest absolute Gasteiger partial charge is 0.465 e. The molecule has 1 aliphatic heterocycles. The van der Waals surface area contributed by atoms with Crippen molar-refractivity contribution in [3.8, 4) is 11.1 Å². The van der Waals surface area contributed by atoms with Crippen LogP contribution in [0.3, 0.4) is 0 Å². The van der Waals surface area contributed by atoms with E-state index in [0.29, 0.717) is 18.0 Å². The molecule has 5 rings (SSSR count). The van der Waals surface area contributed by atoms with Gasteiger partial charge in [-0.2, -0.15) is 0 Å². The topological polar surface area (TPSA) is 76.9 Å². The van der Waals surface area contributed by atoms with E-state index < -0.39 is 5.97 Å². The third kappa shape index (κ3) is 2.67. The Morgan fingerprint density at radius 2 is 1.93 bits per heavy atom. The smallest absolute Gasteiger partial charge is 0.343 e. The summed E-state index contributed by atoms with van der Waals surface area (Å²) in [5.74, 6) is -0.329. The van der Waals surface area contributed by atoms with Gasteiger partial charge in [0.1, 0.15) is 5.56 Å². The molecule has 2 aromatic heterocycles. The third-order valence-corrected chi connectivity index (χ3v) is 5.94. The second kappa shape index (κ2) is 6.30. The summed E-state index contributed by atoms with van der Waals surface area (Å²) in [6.45, 7) is 2.55. The second-order valence-electron chi connectivity index (χ2n) is 7.71. The lowest BCUT2D eigenvalue weighted by atomic mass is 9.94. The lowest BCUT2D eigenvalue weighted by Gasteiger charge is -2.16. The Labute approximate surface area is 167 Å². The summed E-state index contributed by atoms with van der Waals surface area (Å²) < 4.78 is 6.36. The van der Waals surface area contributed by atoms with Gasteiger partial charge in [0.2, 0.25) is 0 Å². The van der Waals surface area contributed by atoms with Crippen molar-refractivity contribution in [2.24, 2.45) is 0 Å². The Bertz CT molecular complexity index is 1270. The van der Waals surface area contributed by atoms with E-state index >= 15 is 0 Å². The molecule has 29 heavy (non-hydrogen) atoms. The van der Waals surface area contributed by atoms with Gasteiger partial charge in [-0.05, 0) is 71.7 Å². The molecule has 146 valence electrons. The van der Waals surface area contributed by atoms with Crippen molar-refractivity contribution in [3.05, 3.63) is 74.7 Å². The first kappa shape index (κ1) is 17.7. The first-order valence-corrected chi connectivity index (χ1v) is 9.68. The molecular weight excluding hydrogens is 368 g/mol. The first-order chi connectivity index (χ1) is 14.0. The van der Waals surface area contributed by atoms with Crippen LogP contribution in [0.15, 0.2) is 41.3 Å². The molecular formula is C23H20N2O4. The highest BCUT2D eigenvalue weighted by atomic mass is 16.5. The summed E-state index contributed by atoms with van der Waals surface area (Å²) in [6.07, 6.45) is 3.79. The molecule has 0 saturated heterocycles. The highest BCUT2D eigenvalue weighted by Crippen LogP contribution is 2.43. The molecule has 0 radical (unpaired) electrons. The van der Waals surface area contributed by atoms with Crippen LogP contribution in [0.5, 0.6) is 0 Å². The van der Waals surface area contributed by atoms with Crippen LogP contribution in [0.4, 0.5) is 0 Å². The maximum atomic E-state index is 12.9. The van der Waals surface area contributed by atoms with Crippen LogP contribution in [0.1, 0.15) is 56.2 Å². The molecule has 0 unspecified atom stereocenters. The number of pyridine rings is 2. The van der Waals surface area contributed by atoms with Crippen molar-refractivity contribution >= 4 is 17.4 Å². The van der Waals surface area contributed by atoms with Gasteiger partial charge >= 0.3 is 5.97 Å². The fourth-order valence-electron chi connectivity index (χ4n) is 4.25. The monoisotopic (exact) mass is 388 g/mol. The third-order valence-electron chi connectivity index (χ3n) is 5.94. The number of carbonyl (C=O) groups is 2. The molecule has 1 fully saturated rings. The van der Waals surface area contributed by atoms with E-state index in [-0.39, 0.29) is 17.0 Å². The van der Waals surface area contributed by atoms with E-state index in [1.54, 1.807) is 16.7 Å². The van der Waals surface area contributed by atoms with Crippen LogP contribution in [0, 0.1) is 6.92 Å². The zero-order valence-electron chi connectivity index (χ0n) is 16.2. The number of nitrogens with zero attached hydrogens (tertiary/aromatic N) is 1. The molecule has 0 spiro atoms. The van der Waals surface area contributed by atoms with E-state index in [1.807, 2.05) is 31.2 Å². The maximum absolute atomic E-state index is 12.9. The van der Waals surface area contributed by atoms with E-state index in [9.17, 15) is 14.4 Å². The SMILES string of the molecule is COC(=O)c1cc(C2CC2)c2c(C)c(-c3ccc4c(c3)C(=O)NC4)ccn2c1=O. The van der Waals surface area contributed by atoms with Gasteiger partial charge in [0.05, 0.1) is 12.6 Å². The van der Waals surface area contributed by atoms with E-state index in [2.05, 4.69) is 5.32 Å². The number of carbonyl (C=O) groups excluding carboxylic acids is 2. The molecule has 6 heteroatoms. The van der Waals surface area contributed by atoms with E-state index in [4.69, 9.17) is 4.74 Å². The normalized spacial score (nSPS) is 15.3. The highest BCUT2D eigenvalue weighted by Gasteiger charge is 2.30. The van der Waals surface area contributed by atoms with Gasteiger partial charge < -0.3 is 10.1 Å². The zero-order chi connectivity index (χ0) is 20.3. The number of nitrogens with one attached hydrogen (secondary N) is 1. The van der Waals surface area contributed by atoms with Crippen LogP contribution >= 0.6 is 0 Å². The Hall–Kier alpha value is -3.41. The number of methoxy groups -OCH3 is 1. The van der Waals surface area contributed by atoms with Gasteiger partial charge in [-0.25, -0.2) is 4.79 Å². The molecule has 2 aliphatic rings. The zero-order valence-corrected chi connectivity index (χ0v) is 16.2. The standard InChI is InChI=1S/C23H20N2O4/c1-12-16(14-5-6-15-11-24-21(26)18(15)9-14)7-8-25-20(12)17(13-3-4-13)10-19(22(25)27)23(28)29-2/h5-10,13H,3-4,11H2,1-2H3,(H,24,26). The van der Waals surface area contributed by atoms with Crippen LogP contribution in [0.2, 0.25) is 0 Å². The van der Waals surface area contributed by atoms with Gasteiger partial charge in [-0.1, -0.05) is 12.1 Å². The van der Waals surface area contributed by atoms with Gasteiger partial charge in [-0.3, -0.25) is 14.0 Å². The van der Waals surface area contributed by atoms with Crippen molar-refractivity contribution in [3.63, 3.8) is 0 Å². The molecule has 0 atom stereocenters. The fourth-order valence-corrected chi connectivity index (χ4v) is 4.25. The molecule has 1 saturated carbocycles. The predicted molar refractivity (Wildman–Crippen MR) is 108 cm³/mol. The van der Waals surface area contributed by atoms with Gasteiger partial charge in [0.25, 0.3) is 11.5 Å². The lowest BCUT2D eigenvalue weighted by Crippen LogP contribution is -2.24. The molecule has 6 nitrogen and oxygen atoms in total. The van der Waals surface area contributed by atoms with Crippen LogP contribution in [-0.2, 0) is 11.3 Å². The van der Waals surface area contributed by atoms with Gasteiger partial charge in [0.15, 0.2) is 0 Å². The number of hydrogen-bond acceptors (Lipinski definition) is 4. The Balaban J connectivity index is 1.76. The minimum Gasteiger partial charge on any atom is -0.465 e. The summed E-state index contributed by atoms with van der Waals surface area (Å²) in [4.78, 5) is 37.1. The van der Waals surface area contributed by atoms with Crippen molar-refractivity contribution in [2.75, 3.05) is 7.11 Å². The van der Waals surface area contributed by atoms with E-state index in [1.165, 1.54) is 7.11 Å². The number of fused-ring (bicyclic) bond motifs is 2. The lowest BCUT2D eigenvalue weighted by molar-refractivity contribution is 0.0598. The van der Waals surface area contributed by atoms with Crippen molar-refractivity contribution in [1.29, 1.82) is 0 Å². The highest BCUT2D eigenvalue weighted by molar-refractivity contribution is 5.99. The Morgan fingerprint density at radius 3 is 2.66 bits per heavy atom. The molecule has 1 N–H and O–H groups in total. The van der Waals surface area contributed by atoms with Crippen molar-refractivity contribution < 1.29 is 14.3 Å². The van der Waals surface area contributed by atoms with Crippen LogP contribution in [-0.4, -0.2) is 23.4 Å². The molecule has 1 aliphatic carbocycles. The molecule has 3 heterocycles. The summed E-state index contributed by atoms with van der Waals surface area (Å²) >= 11 is 0. The van der Waals surface area contributed by atoms with Crippen molar-refractivity contribution in [2.45, 2.75) is 32.2 Å². The Kier molecular flexibility index (Phi) is 3.84. The number of esters is 1. The number of hydrogen-bond donors (Lipinski definition) is 1. The second-order valence-corrected chi connectivity index (χ2v) is 7.71. The molecule has 1 aromatic carbocycles. The summed E-state index contributed by atoms with van der Waals surface area (Å²) in [5, 5.41) is 2.84. The predicted octanol–water partition coefficient (Wildman–Crippen LogP) is 3.18. The van der Waals surface area contributed by atoms with Gasteiger partial charge in [-0.15, -0.1) is 0 Å². The number of aromatic nitrogens is 1. The minimum atomic E-state index is -0.613. The molecule has 0 bridgehead atoms. The van der Waals surface area contributed by atoms with Crippen molar-refractivity contribution in [1.82, 2.24) is 9.72 Å². The number of benzene rings is 1. The maximum Gasteiger partial charge on any atom is 0.343 e. The first-order valence-electron chi connectivity index (χ1n) is 9.68. The minimum absolute atomic E-state index is 0.0575. The summed E-state index contributed by atoms with van der Waals surface area (Å²) in [5.41, 5.74) is 6.09. The molecule has 1 amide bonds. The van der Waals surface area contributed by atoms with E-state index in [0.717, 1.165) is 46.2 Å². The van der Waals surface area contributed by atoms with Gasteiger partial charge in [0, 0.05) is 18.3 Å². The number of amides is 1. The number of aryl methyl sites for hydroxylation is 1.